The molecule has 0 bridgehead atoms. The van der Waals surface area contributed by atoms with E-state index >= 15 is 0 Å². The molecule has 0 N–H and O–H groups in total. The molecule has 0 aromatic rings. The fourth-order valence-electron chi connectivity index (χ4n) is 0. The molecule has 0 aliphatic rings. The average molecular weight is 203 g/mol. The van der Waals surface area contributed by atoms with E-state index in [1.54, 1.807) is 0 Å². The van der Waals surface area contributed by atoms with Gasteiger partial charge in [-0.05, 0) is 0 Å². The second kappa shape index (κ2) is 31.6. The van der Waals surface area contributed by atoms with E-state index in [4.69, 9.17) is 6.34 Å². The van der Waals surface area contributed by atoms with Crippen LogP contribution in [0.15, 0.2) is 0 Å². The van der Waals surface area contributed by atoms with Crippen molar-refractivity contribution < 1.29 is 26.7 Å². The van der Waals surface area contributed by atoms with Crippen LogP contribution in [0.2, 0.25) is 0 Å². The molecule has 0 saturated heterocycles. The SMILES string of the molecule is [O]=[SbH].[O]=[Ti]. The maximum atomic E-state index is 8.34. The Kier molecular flexibility index (Phi) is 70.6. The predicted molar refractivity (Wildman–Crippen MR) is 8.52 cm³/mol. The summed E-state index contributed by atoms with van der Waals surface area (Å²) in [5.74, 6) is 0. The van der Waals surface area contributed by atoms with Gasteiger partial charge in [-0.2, -0.15) is 0 Å². The summed E-state index contributed by atoms with van der Waals surface area (Å²) in [6, 6.07) is 0. The van der Waals surface area contributed by atoms with Crippen molar-refractivity contribution in [2.45, 2.75) is 0 Å². The first-order valence-corrected chi connectivity index (χ1v) is 2.21. The van der Waals surface area contributed by atoms with E-state index in [0.29, 0.717) is 23.0 Å². The van der Waals surface area contributed by atoms with Gasteiger partial charge in [-0.25, -0.2) is 0 Å². The van der Waals surface area contributed by atoms with Gasteiger partial charge in [0, 0.05) is 0 Å². The molecule has 0 radical (unpaired) electrons. The van der Waals surface area contributed by atoms with Crippen LogP contribution in [0, 0.1) is 0 Å². The molecule has 0 saturated carbocycles. The second-order valence-corrected chi connectivity index (χ2v) is 0. The van der Waals surface area contributed by atoms with Gasteiger partial charge in [-0.15, -0.1) is 0 Å². The zero-order valence-electron chi connectivity index (χ0n) is 1.82. The Labute approximate surface area is 49.6 Å². The Morgan fingerprint density at radius 1 is 1.25 bits per heavy atom. The second-order valence-electron chi connectivity index (χ2n) is 0. The minimum absolute atomic E-state index is 0.300. The van der Waals surface area contributed by atoms with Crippen molar-refractivity contribution in [3.8, 4) is 0 Å². The van der Waals surface area contributed by atoms with E-state index in [1.807, 2.05) is 0 Å². The number of rotatable bonds is 0. The van der Waals surface area contributed by atoms with Gasteiger partial charge < -0.3 is 0 Å². The first kappa shape index (κ1) is 8.93. The summed E-state index contributed by atoms with van der Waals surface area (Å²) in [5.41, 5.74) is 0. The van der Waals surface area contributed by atoms with Crippen molar-refractivity contribution >= 4 is 23.0 Å². The normalized spacial score (nSPS) is 1.75. The van der Waals surface area contributed by atoms with Crippen LogP contribution in [0.5, 0.6) is 0 Å². The Morgan fingerprint density at radius 2 is 1.25 bits per heavy atom. The first-order chi connectivity index (χ1) is 2.00. The van der Waals surface area contributed by atoms with E-state index in [1.165, 1.54) is 0 Å². The molecule has 0 aromatic carbocycles. The van der Waals surface area contributed by atoms with Crippen molar-refractivity contribution in [3.63, 3.8) is 0 Å². The van der Waals surface area contributed by atoms with Gasteiger partial charge in [0.1, 0.15) is 0 Å². The molecule has 0 heterocycles. The van der Waals surface area contributed by atoms with Crippen molar-refractivity contribution in [1.29, 1.82) is 0 Å². The van der Waals surface area contributed by atoms with Crippen LogP contribution in [-0.2, 0) is 26.7 Å². The van der Waals surface area contributed by atoms with Crippen molar-refractivity contribution in [1.82, 2.24) is 0 Å². The molecule has 0 amide bonds. The fourth-order valence-corrected chi connectivity index (χ4v) is 0. The monoisotopic (exact) mass is 202 g/mol. The van der Waals surface area contributed by atoms with E-state index < -0.39 is 0 Å². The third kappa shape index (κ3) is 11.1. The quantitative estimate of drug-likeness (QED) is 0.478. The van der Waals surface area contributed by atoms with Crippen LogP contribution < -0.4 is 0 Å². The summed E-state index contributed by atoms with van der Waals surface area (Å²) in [7, 11) is 0. The third-order valence-corrected chi connectivity index (χ3v) is 0. The fraction of sp³-hybridized carbons (Fsp3) is 0. The molecule has 0 unspecified atom stereocenters. The standard InChI is InChI=1S/2O.Sb.Ti.H. The van der Waals surface area contributed by atoms with Gasteiger partial charge in [-0.3, -0.25) is 0 Å². The van der Waals surface area contributed by atoms with Crippen LogP contribution in [0.4, 0.5) is 0 Å². The van der Waals surface area contributed by atoms with E-state index in [-0.39, 0.29) is 0 Å². The molecule has 0 aliphatic carbocycles. The number of hydrogen-bond acceptors (Lipinski definition) is 2. The third-order valence-electron chi connectivity index (χ3n) is 0. The Bertz CT molecular complexity index is 8.00. The van der Waals surface area contributed by atoms with Crippen LogP contribution >= 0.6 is 0 Å². The summed E-state index contributed by atoms with van der Waals surface area (Å²) < 4.78 is 16.6. The summed E-state index contributed by atoms with van der Waals surface area (Å²) in [6.45, 7) is 0. The zero-order chi connectivity index (χ0) is 4.00. The summed E-state index contributed by atoms with van der Waals surface area (Å²) in [5, 5.41) is 0. The van der Waals surface area contributed by atoms with Gasteiger partial charge >= 0.3 is 49.8 Å². The van der Waals surface area contributed by atoms with Crippen molar-refractivity contribution in [3.05, 3.63) is 0 Å². The van der Waals surface area contributed by atoms with Crippen LogP contribution in [0.3, 0.4) is 0 Å². The zero-order valence-corrected chi connectivity index (χ0v) is 6.23. The molecule has 0 atom stereocenters. The molecule has 4 heteroatoms. The van der Waals surface area contributed by atoms with Gasteiger partial charge in [-0.1, -0.05) is 0 Å². The molecule has 0 spiro atoms. The Hall–Kier alpha value is 1.13. The van der Waals surface area contributed by atoms with E-state index in [0.717, 1.165) is 20.4 Å². The molecule has 0 aliphatic heterocycles. The molecule has 0 fully saturated rings. The van der Waals surface area contributed by atoms with Crippen molar-refractivity contribution in [2.75, 3.05) is 0 Å². The molecular weight excluding hydrogens is 202 g/mol. The van der Waals surface area contributed by atoms with E-state index in [2.05, 4.69) is 0 Å². The summed E-state index contributed by atoms with van der Waals surface area (Å²) in [4.78, 5) is 0. The average Bonchev–Trinajstić information content (AvgIpc) is 1.50. The van der Waals surface area contributed by atoms with Crippen molar-refractivity contribution in [2.24, 2.45) is 0 Å². The van der Waals surface area contributed by atoms with Crippen LogP contribution in [-0.4, -0.2) is 23.0 Å². The van der Waals surface area contributed by atoms with Gasteiger partial charge in [0.25, 0.3) is 0 Å². The number of hydrogen-bond donors (Lipinski definition) is 0. The van der Waals surface area contributed by atoms with Gasteiger partial charge in [0.2, 0.25) is 0 Å². The molecular formula is HO2SbTi. The first-order valence-electron chi connectivity index (χ1n) is 0.408. The molecule has 0 rings (SSSR count). The molecule has 0 aromatic heterocycles. The van der Waals surface area contributed by atoms with Gasteiger partial charge in [0.15, 0.2) is 0 Å². The van der Waals surface area contributed by atoms with E-state index in [9.17, 15) is 0 Å². The topological polar surface area (TPSA) is 34.1 Å². The minimum atomic E-state index is 0.300. The van der Waals surface area contributed by atoms with Crippen LogP contribution in [0.1, 0.15) is 0 Å². The molecule has 4 heavy (non-hydrogen) atoms. The molecule has 22 valence electrons. The molecule has 2 nitrogen and oxygen atoms in total. The summed E-state index contributed by atoms with van der Waals surface area (Å²) >= 11 is 1.05. The maximum absolute atomic E-state index is 8.34. The predicted octanol–water partition coefficient (Wildman–Crippen LogP) is -0.889. The Balaban J connectivity index is 0. The summed E-state index contributed by atoms with van der Waals surface area (Å²) in [6.07, 6.45) is 0. The Morgan fingerprint density at radius 3 is 1.25 bits per heavy atom. The van der Waals surface area contributed by atoms with Crippen LogP contribution in [0.25, 0.3) is 0 Å². The van der Waals surface area contributed by atoms with Gasteiger partial charge in [0.05, 0.1) is 0 Å².